The quantitative estimate of drug-likeness (QED) is 0.272. The molecule has 0 aliphatic heterocycles. The Morgan fingerprint density at radius 3 is 0.905 bits per heavy atom. The zero-order valence-corrected chi connectivity index (χ0v) is 13.0. The van der Waals surface area contributed by atoms with Gasteiger partial charge in [0.15, 0.2) is 0 Å². The van der Waals surface area contributed by atoms with Gasteiger partial charge in [0.05, 0.1) is 0 Å². The molecule has 0 heterocycles. The molecule has 0 bridgehead atoms. The Hall–Kier alpha value is -0.260. The van der Waals surface area contributed by atoms with Crippen LogP contribution in [-0.2, 0) is 29.8 Å². The van der Waals surface area contributed by atoms with E-state index in [1.807, 2.05) is 0 Å². The molecule has 17 heteroatoms. The van der Waals surface area contributed by atoms with E-state index < -0.39 is 42.7 Å². The van der Waals surface area contributed by atoms with Crippen molar-refractivity contribution >= 4 is 69.9 Å². The van der Waals surface area contributed by atoms with Crippen LogP contribution < -0.4 is 10.2 Å². The summed E-state index contributed by atoms with van der Waals surface area (Å²) in [5.74, 6) is -6.31. The third-order valence-electron chi connectivity index (χ3n) is 1.12. The first-order chi connectivity index (χ1) is 8.39. The fourth-order valence-corrected chi connectivity index (χ4v) is 0.632. The Bertz CT molecular complexity index is 541. The van der Waals surface area contributed by atoms with Crippen LogP contribution in [0.1, 0.15) is 0 Å². The van der Waals surface area contributed by atoms with Crippen molar-refractivity contribution in [2.24, 2.45) is 0 Å². The van der Waals surface area contributed by atoms with E-state index in [2.05, 4.69) is 0 Å². The van der Waals surface area contributed by atoms with E-state index >= 15 is 0 Å². The Labute approximate surface area is 143 Å². The molecule has 0 saturated heterocycles. The van der Waals surface area contributed by atoms with Crippen LogP contribution in [-0.4, -0.2) is 86.1 Å². The molecule has 10 nitrogen and oxygen atoms in total. The number of alkyl halides is 4. The van der Waals surface area contributed by atoms with Gasteiger partial charge in [-0.15, -0.1) is 0 Å². The van der Waals surface area contributed by atoms with Crippen LogP contribution in [0.4, 0.5) is 17.6 Å². The molecule has 0 saturated carbocycles. The fraction of sp³-hybridized carbons (Fsp3) is 0.500. The Morgan fingerprint density at radius 2 is 0.905 bits per heavy atom. The minimum Gasteiger partial charge on any atom is -0.543 e. The smallest absolute Gasteiger partial charge is 0.543 e. The van der Waals surface area contributed by atoms with Crippen molar-refractivity contribution in [3.63, 3.8) is 0 Å². The van der Waals surface area contributed by atoms with Crippen molar-refractivity contribution < 1.29 is 63.3 Å². The fourth-order valence-electron chi connectivity index (χ4n) is 0.211. The number of carboxylic acid groups (broad SMARTS) is 2. The van der Waals surface area contributed by atoms with Crippen molar-refractivity contribution in [2.45, 2.75) is 10.5 Å². The summed E-state index contributed by atoms with van der Waals surface area (Å²) in [5, 5.41) is 8.08. The molecule has 0 amide bonds. The molecule has 0 aromatic heterocycles. The number of hydrogen-bond donors (Lipinski definition) is 2. The van der Waals surface area contributed by atoms with Gasteiger partial charge in [0, 0.05) is 0 Å². The second-order valence-corrected chi connectivity index (χ2v) is 5.48. The first-order valence-electron chi connectivity index (χ1n) is 3.51. The monoisotopic (exact) mass is 390 g/mol. The summed E-state index contributed by atoms with van der Waals surface area (Å²) in [5.41, 5.74) is 0. The first kappa shape index (κ1) is 25.7. The molecule has 0 rings (SSSR count). The molecule has 0 aliphatic carbocycles. The van der Waals surface area contributed by atoms with Gasteiger partial charge in [-0.05, 0) is 0 Å². The molecular formula is C4H2CaF4O10S2. The summed E-state index contributed by atoms with van der Waals surface area (Å²) in [4.78, 5) is 18.5. The molecule has 0 spiro atoms. The summed E-state index contributed by atoms with van der Waals surface area (Å²) in [6, 6.07) is 0. The van der Waals surface area contributed by atoms with Gasteiger partial charge in [-0.1, -0.05) is 0 Å². The maximum Gasteiger partial charge on any atom is 2.00 e. The Balaban J connectivity index is -0.000000295. The van der Waals surface area contributed by atoms with Gasteiger partial charge in [-0.25, -0.2) is 0 Å². The van der Waals surface area contributed by atoms with Crippen LogP contribution >= 0.6 is 0 Å². The molecule has 0 radical (unpaired) electrons. The third-order valence-corrected chi connectivity index (χ3v) is 2.75. The van der Waals surface area contributed by atoms with Gasteiger partial charge in [-0.3, -0.25) is 9.11 Å². The largest absolute Gasteiger partial charge is 2.00 e. The second kappa shape index (κ2) is 7.84. The molecule has 0 unspecified atom stereocenters. The van der Waals surface area contributed by atoms with Crippen LogP contribution in [0.5, 0.6) is 0 Å². The van der Waals surface area contributed by atoms with Crippen LogP contribution in [0.3, 0.4) is 0 Å². The van der Waals surface area contributed by atoms with Gasteiger partial charge >= 0.3 is 68.5 Å². The van der Waals surface area contributed by atoms with E-state index in [9.17, 15) is 54.2 Å². The number of carboxylic acids is 2. The van der Waals surface area contributed by atoms with E-state index in [4.69, 9.17) is 9.11 Å². The van der Waals surface area contributed by atoms with Crippen LogP contribution in [0.2, 0.25) is 0 Å². The molecule has 2 N–H and O–H groups in total. The number of halogens is 4. The average Bonchev–Trinajstić information content (AvgIpc) is 2.14. The van der Waals surface area contributed by atoms with Gasteiger partial charge in [0.2, 0.25) is 0 Å². The van der Waals surface area contributed by atoms with Crippen molar-refractivity contribution in [2.75, 3.05) is 0 Å². The zero-order chi connectivity index (χ0) is 17.2. The summed E-state index contributed by atoms with van der Waals surface area (Å²) in [6.07, 6.45) is 0. The number of aliphatic carboxylic acids is 2. The minimum absolute atomic E-state index is 0. The second-order valence-electron chi connectivity index (χ2n) is 2.56. The Morgan fingerprint density at radius 1 is 0.762 bits per heavy atom. The van der Waals surface area contributed by atoms with Gasteiger partial charge in [-0.2, -0.15) is 34.4 Å². The van der Waals surface area contributed by atoms with Crippen LogP contribution in [0.15, 0.2) is 0 Å². The molecule has 0 aromatic rings. The van der Waals surface area contributed by atoms with Gasteiger partial charge < -0.3 is 19.8 Å². The van der Waals surface area contributed by atoms with E-state index in [0.29, 0.717) is 0 Å². The van der Waals surface area contributed by atoms with Gasteiger partial charge in [0.1, 0.15) is 11.9 Å². The topological polar surface area (TPSA) is 189 Å². The van der Waals surface area contributed by atoms with E-state index in [0.717, 1.165) is 0 Å². The predicted octanol–water partition coefficient (Wildman–Crippen LogP) is -3.95. The molecule has 0 aliphatic rings. The van der Waals surface area contributed by atoms with Crippen LogP contribution in [0, 0.1) is 0 Å². The standard InChI is InChI=1S/2C2H2F2O5S.Ca/c2*3-2(4,1(5)6)10(7,8)9;/h2*(H,5,6)(H,7,8,9);/q;;+2/p-2. The SMILES string of the molecule is O=C([O-])C(F)(F)S(=O)(=O)O.O=C([O-])C(F)(F)S(=O)(=O)O.[Ca+2]. The molecule has 120 valence electrons. The molecule has 21 heavy (non-hydrogen) atoms. The molecule has 0 fully saturated rings. The minimum atomic E-state index is -5.90. The summed E-state index contributed by atoms with van der Waals surface area (Å²) >= 11 is 0. The summed E-state index contributed by atoms with van der Waals surface area (Å²) in [6.45, 7) is 0. The van der Waals surface area contributed by atoms with Crippen molar-refractivity contribution in [3.8, 4) is 0 Å². The third kappa shape index (κ3) is 7.02. The van der Waals surface area contributed by atoms with Crippen molar-refractivity contribution in [1.29, 1.82) is 0 Å². The zero-order valence-electron chi connectivity index (χ0n) is 9.20. The average molecular weight is 390 g/mol. The number of carbonyl (C=O) groups is 2. The molecular weight excluding hydrogens is 388 g/mol. The van der Waals surface area contributed by atoms with E-state index in [1.54, 1.807) is 0 Å². The molecule has 0 aromatic carbocycles. The summed E-state index contributed by atoms with van der Waals surface area (Å²) < 4.78 is 99.2. The first-order valence-corrected chi connectivity index (χ1v) is 6.39. The predicted molar refractivity (Wildman–Crippen MR) is 48.8 cm³/mol. The number of hydrogen-bond acceptors (Lipinski definition) is 8. The summed E-state index contributed by atoms with van der Waals surface area (Å²) in [7, 11) is -11.8. The van der Waals surface area contributed by atoms with E-state index in [-0.39, 0.29) is 37.7 Å². The maximum absolute atomic E-state index is 11.6. The maximum atomic E-state index is 11.6. The van der Waals surface area contributed by atoms with E-state index in [1.165, 1.54) is 0 Å². The van der Waals surface area contributed by atoms with Crippen LogP contribution in [0.25, 0.3) is 0 Å². The molecule has 0 atom stereocenters. The van der Waals surface area contributed by atoms with Crippen molar-refractivity contribution in [1.82, 2.24) is 0 Å². The van der Waals surface area contributed by atoms with Crippen molar-refractivity contribution in [3.05, 3.63) is 0 Å². The normalized spacial score (nSPS) is 12.5. The Kier molecular flexibility index (Phi) is 9.58. The number of rotatable bonds is 4. The van der Waals surface area contributed by atoms with Gasteiger partial charge in [0.25, 0.3) is 0 Å². The number of carbonyl (C=O) groups excluding carboxylic acids is 2.